The van der Waals surface area contributed by atoms with E-state index in [4.69, 9.17) is 4.74 Å². The molecule has 1 aliphatic rings. The van der Waals surface area contributed by atoms with Crippen LogP contribution in [0.1, 0.15) is 13.3 Å². The van der Waals surface area contributed by atoms with Crippen molar-refractivity contribution in [1.29, 1.82) is 0 Å². The van der Waals surface area contributed by atoms with Gasteiger partial charge in [-0.2, -0.15) is 0 Å². The first-order valence-electron chi connectivity index (χ1n) is 6.55. The maximum absolute atomic E-state index is 12.7. The van der Waals surface area contributed by atoms with Crippen molar-refractivity contribution in [2.24, 2.45) is 0 Å². The van der Waals surface area contributed by atoms with Crippen LogP contribution < -0.4 is 10.1 Å². The van der Waals surface area contributed by atoms with Crippen LogP contribution in [0.5, 0.6) is 5.75 Å². The lowest BCUT2D eigenvalue weighted by atomic mass is 10.2. The largest absolute Gasteiger partial charge is 0.493 e. The summed E-state index contributed by atoms with van der Waals surface area (Å²) >= 11 is 0. The van der Waals surface area contributed by atoms with Crippen molar-refractivity contribution >= 4 is 18.3 Å². The minimum atomic E-state index is -0.293. The third-order valence-electron chi connectivity index (χ3n) is 3.22. The fraction of sp³-hybridized carbons (Fsp3) is 0.500. The van der Waals surface area contributed by atoms with Crippen LogP contribution in [0.3, 0.4) is 0 Å². The molecule has 1 N–H and O–H groups in total. The molecule has 1 atom stereocenters. The molecule has 1 aromatic rings. The number of piperazine rings is 1. The van der Waals surface area contributed by atoms with E-state index in [1.165, 1.54) is 12.1 Å². The zero-order chi connectivity index (χ0) is 13.7. The van der Waals surface area contributed by atoms with Gasteiger partial charge in [-0.05, 0) is 31.2 Å². The lowest BCUT2D eigenvalue weighted by molar-refractivity contribution is -0.134. The second kappa shape index (κ2) is 8.07. The average molecular weight is 303 g/mol. The number of carbonyl (C=O) groups is 1. The molecule has 1 aliphatic heterocycles. The number of rotatable bonds is 4. The molecule has 20 heavy (non-hydrogen) atoms. The van der Waals surface area contributed by atoms with E-state index in [1.807, 2.05) is 11.8 Å². The molecule has 0 bridgehead atoms. The van der Waals surface area contributed by atoms with Crippen molar-refractivity contribution < 1.29 is 13.9 Å². The Labute approximate surface area is 124 Å². The molecule has 1 amide bonds. The third-order valence-corrected chi connectivity index (χ3v) is 3.22. The molecule has 1 fully saturated rings. The highest BCUT2D eigenvalue weighted by molar-refractivity contribution is 5.85. The van der Waals surface area contributed by atoms with E-state index in [-0.39, 0.29) is 30.2 Å². The number of hydrogen-bond donors (Lipinski definition) is 1. The number of benzene rings is 1. The molecule has 0 saturated carbocycles. The molecule has 112 valence electrons. The summed E-state index contributed by atoms with van der Waals surface area (Å²) in [5.41, 5.74) is 0. The van der Waals surface area contributed by atoms with Gasteiger partial charge in [0, 0.05) is 25.7 Å². The molecule has 0 aliphatic carbocycles. The second-order valence-corrected chi connectivity index (χ2v) is 4.69. The Morgan fingerprint density at radius 2 is 2.15 bits per heavy atom. The topological polar surface area (TPSA) is 41.6 Å². The van der Waals surface area contributed by atoms with Crippen molar-refractivity contribution in [3.63, 3.8) is 0 Å². The van der Waals surface area contributed by atoms with Crippen molar-refractivity contribution in [2.45, 2.75) is 19.4 Å². The summed E-state index contributed by atoms with van der Waals surface area (Å²) in [6.07, 6.45) is 0.349. The lowest BCUT2D eigenvalue weighted by Crippen LogP contribution is -2.52. The summed E-state index contributed by atoms with van der Waals surface area (Å²) in [4.78, 5) is 13.9. The Morgan fingerprint density at radius 1 is 1.45 bits per heavy atom. The zero-order valence-electron chi connectivity index (χ0n) is 11.5. The summed E-state index contributed by atoms with van der Waals surface area (Å²) in [6.45, 7) is 4.78. The molecule has 1 heterocycles. The van der Waals surface area contributed by atoms with E-state index in [9.17, 15) is 9.18 Å². The van der Waals surface area contributed by atoms with Gasteiger partial charge in [0.2, 0.25) is 5.91 Å². The molecule has 1 saturated heterocycles. The first kappa shape index (κ1) is 16.7. The maximum atomic E-state index is 12.7. The van der Waals surface area contributed by atoms with Crippen LogP contribution in [-0.4, -0.2) is 43.1 Å². The van der Waals surface area contributed by atoms with Crippen molar-refractivity contribution in [1.82, 2.24) is 10.2 Å². The normalized spacial score (nSPS) is 18.3. The second-order valence-electron chi connectivity index (χ2n) is 4.69. The third kappa shape index (κ3) is 4.65. The smallest absolute Gasteiger partial charge is 0.226 e. The van der Waals surface area contributed by atoms with Crippen molar-refractivity contribution in [2.75, 3.05) is 26.2 Å². The fourth-order valence-electron chi connectivity index (χ4n) is 2.14. The van der Waals surface area contributed by atoms with Crippen molar-refractivity contribution in [3.05, 3.63) is 30.1 Å². The first-order valence-corrected chi connectivity index (χ1v) is 6.55. The highest BCUT2D eigenvalue weighted by atomic mass is 35.5. The summed E-state index contributed by atoms with van der Waals surface area (Å²) < 4.78 is 18.1. The number of halogens is 2. The first-order chi connectivity index (χ1) is 9.16. The molecule has 1 aromatic carbocycles. The minimum absolute atomic E-state index is 0. The van der Waals surface area contributed by atoms with E-state index in [2.05, 4.69) is 5.32 Å². The SMILES string of the molecule is C[C@H]1CNCCN1C(=O)CCOc1ccc(F)cc1.Cl. The van der Waals surface area contributed by atoms with Gasteiger partial charge in [0.05, 0.1) is 13.0 Å². The number of ether oxygens (including phenoxy) is 1. The van der Waals surface area contributed by atoms with Crippen LogP contribution in [0.2, 0.25) is 0 Å². The fourth-order valence-corrected chi connectivity index (χ4v) is 2.14. The van der Waals surface area contributed by atoms with Crippen LogP contribution in [-0.2, 0) is 4.79 Å². The van der Waals surface area contributed by atoms with Gasteiger partial charge in [0.1, 0.15) is 11.6 Å². The minimum Gasteiger partial charge on any atom is -0.493 e. The van der Waals surface area contributed by atoms with E-state index in [0.717, 1.165) is 19.6 Å². The van der Waals surface area contributed by atoms with E-state index < -0.39 is 0 Å². The van der Waals surface area contributed by atoms with Gasteiger partial charge in [-0.3, -0.25) is 4.79 Å². The molecule has 4 nitrogen and oxygen atoms in total. The van der Waals surface area contributed by atoms with Crippen molar-refractivity contribution in [3.8, 4) is 5.75 Å². The highest BCUT2D eigenvalue weighted by Crippen LogP contribution is 2.12. The zero-order valence-corrected chi connectivity index (χ0v) is 12.3. The standard InChI is InChI=1S/C14H19FN2O2.ClH/c1-11-10-16-7-8-17(11)14(18)6-9-19-13-4-2-12(15)3-5-13;/h2-5,11,16H,6-10H2,1H3;1H/t11-;/m0./s1. The summed E-state index contributed by atoms with van der Waals surface area (Å²) in [7, 11) is 0. The number of carbonyl (C=O) groups excluding carboxylic acids is 1. The van der Waals surface area contributed by atoms with Crippen LogP contribution in [0, 0.1) is 5.82 Å². The molecule has 0 unspecified atom stereocenters. The number of nitrogens with one attached hydrogen (secondary N) is 1. The van der Waals surface area contributed by atoms with E-state index in [1.54, 1.807) is 12.1 Å². The van der Waals surface area contributed by atoms with Gasteiger partial charge in [-0.15, -0.1) is 12.4 Å². The average Bonchev–Trinajstić information content (AvgIpc) is 2.41. The van der Waals surface area contributed by atoms with E-state index in [0.29, 0.717) is 18.8 Å². The van der Waals surface area contributed by atoms with Crippen LogP contribution in [0.25, 0.3) is 0 Å². The summed E-state index contributed by atoms with van der Waals surface area (Å²) in [5.74, 6) is 0.400. The summed E-state index contributed by atoms with van der Waals surface area (Å²) in [6, 6.07) is 6.04. The Hall–Kier alpha value is -1.33. The molecule has 0 aromatic heterocycles. The van der Waals surface area contributed by atoms with Gasteiger partial charge in [-0.1, -0.05) is 0 Å². The van der Waals surface area contributed by atoms with Crippen LogP contribution in [0.4, 0.5) is 4.39 Å². The Bertz CT molecular complexity index is 428. The Morgan fingerprint density at radius 3 is 2.80 bits per heavy atom. The Balaban J connectivity index is 0.00000200. The predicted molar refractivity (Wildman–Crippen MR) is 77.8 cm³/mol. The quantitative estimate of drug-likeness (QED) is 0.923. The molecule has 0 spiro atoms. The van der Waals surface area contributed by atoms with Crippen LogP contribution in [0.15, 0.2) is 24.3 Å². The van der Waals surface area contributed by atoms with Gasteiger partial charge in [-0.25, -0.2) is 4.39 Å². The lowest BCUT2D eigenvalue weighted by Gasteiger charge is -2.34. The van der Waals surface area contributed by atoms with Gasteiger partial charge in [0.15, 0.2) is 0 Å². The molecular formula is C14H20ClFN2O2. The number of hydrogen-bond acceptors (Lipinski definition) is 3. The summed E-state index contributed by atoms with van der Waals surface area (Å²) in [5, 5.41) is 3.25. The van der Waals surface area contributed by atoms with Gasteiger partial charge in [0.25, 0.3) is 0 Å². The molecule has 0 radical (unpaired) electrons. The van der Waals surface area contributed by atoms with Crippen LogP contribution >= 0.6 is 12.4 Å². The Kier molecular flexibility index (Phi) is 6.75. The number of amides is 1. The van der Waals surface area contributed by atoms with Gasteiger partial charge < -0.3 is 15.0 Å². The number of nitrogens with zero attached hydrogens (tertiary/aromatic N) is 1. The molecule has 6 heteroatoms. The highest BCUT2D eigenvalue weighted by Gasteiger charge is 2.22. The van der Waals surface area contributed by atoms with E-state index >= 15 is 0 Å². The monoisotopic (exact) mass is 302 g/mol. The predicted octanol–water partition coefficient (Wildman–Crippen LogP) is 1.84. The maximum Gasteiger partial charge on any atom is 0.226 e. The van der Waals surface area contributed by atoms with Gasteiger partial charge >= 0.3 is 0 Å². The molecule has 2 rings (SSSR count). The molecular weight excluding hydrogens is 283 g/mol.